The lowest BCUT2D eigenvalue weighted by atomic mass is 9.98. The Morgan fingerprint density at radius 3 is 2.74 bits per heavy atom. The molecule has 0 fully saturated rings. The van der Waals surface area contributed by atoms with Crippen LogP contribution in [0.15, 0.2) is 18.2 Å². The summed E-state index contributed by atoms with van der Waals surface area (Å²) in [5, 5.41) is 2.84. The maximum Gasteiger partial charge on any atom is 0.227 e. The van der Waals surface area contributed by atoms with Crippen LogP contribution in [0.3, 0.4) is 0 Å². The Balaban J connectivity index is 2.69. The van der Waals surface area contributed by atoms with Gasteiger partial charge >= 0.3 is 0 Å². The van der Waals surface area contributed by atoms with E-state index in [9.17, 15) is 9.18 Å². The number of hydrogen-bond acceptors (Lipinski definition) is 2. The summed E-state index contributed by atoms with van der Waals surface area (Å²) < 4.78 is 13.3. The van der Waals surface area contributed by atoms with E-state index in [0.29, 0.717) is 11.3 Å². The Labute approximate surface area is 114 Å². The zero-order chi connectivity index (χ0) is 14.3. The van der Waals surface area contributed by atoms with Crippen LogP contribution in [0, 0.1) is 11.7 Å². The molecule has 0 saturated carbocycles. The first-order valence-corrected chi connectivity index (χ1v) is 6.91. The molecule has 4 heteroatoms. The van der Waals surface area contributed by atoms with Crippen molar-refractivity contribution in [3.8, 4) is 0 Å². The maximum atomic E-state index is 13.3. The Bertz CT molecular complexity index is 421. The highest BCUT2D eigenvalue weighted by molar-refractivity contribution is 5.92. The van der Waals surface area contributed by atoms with Crippen molar-refractivity contribution < 1.29 is 9.18 Å². The third kappa shape index (κ3) is 4.63. The van der Waals surface area contributed by atoms with Gasteiger partial charge in [0.2, 0.25) is 5.91 Å². The van der Waals surface area contributed by atoms with Gasteiger partial charge in [0.15, 0.2) is 0 Å². The maximum absolute atomic E-state index is 13.3. The van der Waals surface area contributed by atoms with Gasteiger partial charge in [0.05, 0.1) is 0 Å². The van der Waals surface area contributed by atoms with Crippen molar-refractivity contribution in [2.45, 2.75) is 46.1 Å². The first-order valence-electron chi connectivity index (χ1n) is 6.91. The molecule has 0 radical (unpaired) electrons. The van der Waals surface area contributed by atoms with E-state index in [4.69, 9.17) is 5.73 Å². The molecule has 1 aromatic rings. The van der Waals surface area contributed by atoms with Crippen molar-refractivity contribution in [2.24, 2.45) is 11.7 Å². The SMILES string of the molecule is CCCCC(CC)C(=O)Nc1ccc(F)c(CN)c1. The largest absolute Gasteiger partial charge is 0.326 e. The number of amides is 1. The minimum absolute atomic E-state index is 0.00512. The molecule has 1 rings (SSSR count). The second kappa shape index (κ2) is 7.89. The lowest BCUT2D eigenvalue weighted by Crippen LogP contribution is -2.22. The van der Waals surface area contributed by atoms with Gasteiger partial charge in [-0.25, -0.2) is 4.39 Å². The number of benzene rings is 1. The highest BCUT2D eigenvalue weighted by Gasteiger charge is 2.16. The van der Waals surface area contributed by atoms with Gasteiger partial charge in [-0.2, -0.15) is 0 Å². The Morgan fingerprint density at radius 1 is 1.42 bits per heavy atom. The molecule has 0 aromatic heterocycles. The lowest BCUT2D eigenvalue weighted by molar-refractivity contribution is -0.120. The van der Waals surface area contributed by atoms with Gasteiger partial charge < -0.3 is 11.1 Å². The van der Waals surface area contributed by atoms with Crippen molar-refractivity contribution in [1.82, 2.24) is 0 Å². The number of halogens is 1. The molecule has 0 bridgehead atoms. The summed E-state index contributed by atoms with van der Waals surface area (Å²) in [6.07, 6.45) is 3.83. The second-order valence-electron chi connectivity index (χ2n) is 4.75. The molecule has 1 unspecified atom stereocenters. The van der Waals surface area contributed by atoms with Gasteiger partial charge in [-0.3, -0.25) is 4.79 Å². The van der Waals surface area contributed by atoms with Gasteiger partial charge in [-0.1, -0.05) is 26.7 Å². The normalized spacial score (nSPS) is 12.2. The van der Waals surface area contributed by atoms with E-state index in [0.717, 1.165) is 25.7 Å². The quantitative estimate of drug-likeness (QED) is 0.794. The predicted molar refractivity (Wildman–Crippen MR) is 76.2 cm³/mol. The fourth-order valence-corrected chi connectivity index (χ4v) is 2.02. The van der Waals surface area contributed by atoms with Crippen molar-refractivity contribution in [1.29, 1.82) is 0 Å². The molecular weight excluding hydrogens is 243 g/mol. The van der Waals surface area contributed by atoms with Crippen LogP contribution in [-0.4, -0.2) is 5.91 Å². The van der Waals surface area contributed by atoms with E-state index >= 15 is 0 Å². The third-order valence-electron chi connectivity index (χ3n) is 3.30. The van der Waals surface area contributed by atoms with Gasteiger partial charge in [-0.15, -0.1) is 0 Å². The highest BCUT2D eigenvalue weighted by atomic mass is 19.1. The molecule has 0 aliphatic heterocycles. The molecule has 3 N–H and O–H groups in total. The van der Waals surface area contributed by atoms with Crippen molar-refractivity contribution >= 4 is 11.6 Å². The number of hydrogen-bond donors (Lipinski definition) is 2. The number of rotatable bonds is 7. The molecule has 3 nitrogen and oxygen atoms in total. The number of carbonyl (C=O) groups excluding carboxylic acids is 1. The van der Waals surface area contributed by atoms with Gasteiger partial charge in [0.25, 0.3) is 0 Å². The van der Waals surface area contributed by atoms with Crippen molar-refractivity contribution in [2.75, 3.05) is 5.32 Å². The number of anilines is 1. The average molecular weight is 266 g/mol. The molecule has 1 atom stereocenters. The van der Waals surface area contributed by atoms with Crippen molar-refractivity contribution in [3.05, 3.63) is 29.6 Å². The summed E-state index contributed by atoms with van der Waals surface area (Å²) in [7, 11) is 0. The topological polar surface area (TPSA) is 55.1 Å². The monoisotopic (exact) mass is 266 g/mol. The minimum atomic E-state index is -0.335. The number of nitrogens with one attached hydrogen (secondary N) is 1. The van der Waals surface area contributed by atoms with Crippen LogP contribution in [0.5, 0.6) is 0 Å². The molecular formula is C15H23FN2O. The zero-order valence-electron chi connectivity index (χ0n) is 11.7. The van der Waals surface area contributed by atoms with Crippen LogP contribution in [0.4, 0.5) is 10.1 Å². The standard InChI is InChI=1S/C15H23FN2O/c1-3-5-6-11(4-2)15(19)18-13-7-8-14(16)12(9-13)10-17/h7-9,11H,3-6,10,17H2,1-2H3,(H,18,19). The molecule has 0 saturated heterocycles. The summed E-state index contributed by atoms with van der Waals surface area (Å²) >= 11 is 0. The van der Waals surface area contributed by atoms with E-state index in [1.807, 2.05) is 6.92 Å². The summed E-state index contributed by atoms with van der Waals surface area (Å²) in [5.74, 6) is -0.310. The highest BCUT2D eigenvalue weighted by Crippen LogP contribution is 2.18. The molecule has 0 heterocycles. The molecule has 1 amide bonds. The van der Waals surface area contributed by atoms with Crippen molar-refractivity contribution in [3.63, 3.8) is 0 Å². The van der Waals surface area contributed by atoms with Crippen LogP contribution in [0.25, 0.3) is 0 Å². The van der Waals surface area contributed by atoms with E-state index < -0.39 is 0 Å². The fourth-order valence-electron chi connectivity index (χ4n) is 2.02. The summed E-state index contributed by atoms with van der Waals surface area (Å²) in [5.41, 5.74) is 6.48. The van der Waals surface area contributed by atoms with Crippen LogP contribution in [-0.2, 0) is 11.3 Å². The Kier molecular flexibility index (Phi) is 6.50. The Hall–Kier alpha value is -1.42. The summed E-state index contributed by atoms with van der Waals surface area (Å²) in [6.45, 7) is 4.25. The Morgan fingerprint density at radius 2 is 2.16 bits per heavy atom. The van der Waals surface area contributed by atoms with E-state index in [2.05, 4.69) is 12.2 Å². The molecule has 1 aromatic carbocycles. The predicted octanol–water partition coefficient (Wildman–Crippen LogP) is 3.44. The smallest absolute Gasteiger partial charge is 0.227 e. The molecule has 0 aliphatic rings. The third-order valence-corrected chi connectivity index (χ3v) is 3.30. The van der Waals surface area contributed by atoms with E-state index in [1.165, 1.54) is 6.07 Å². The van der Waals surface area contributed by atoms with Crippen LogP contribution < -0.4 is 11.1 Å². The van der Waals surface area contributed by atoms with Gasteiger partial charge in [0.1, 0.15) is 5.82 Å². The van der Waals surface area contributed by atoms with E-state index in [-0.39, 0.29) is 24.2 Å². The number of unbranched alkanes of at least 4 members (excludes halogenated alkanes) is 1. The average Bonchev–Trinajstić information content (AvgIpc) is 2.41. The first-order chi connectivity index (χ1) is 9.12. The fraction of sp³-hybridized carbons (Fsp3) is 0.533. The van der Waals surface area contributed by atoms with Gasteiger partial charge in [0, 0.05) is 23.7 Å². The summed E-state index contributed by atoms with van der Waals surface area (Å²) in [6, 6.07) is 4.50. The molecule has 0 aliphatic carbocycles. The lowest BCUT2D eigenvalue weighted by Gasteiger charge is -2.15. The molecule has 0 spiro atoms. The minimum Gasteiger partial charge on any atom is -0.326 e. The zero-order valence-corrected chi connectivity index (χ0v) is 11.7. The van der Waals surface area contributed by atoms with Crippen LogP contribution >= 0.6 is 0 Å². The van der Waals surface area contributed by atoms with Gasteiger partial charge in [-0.05, 0) is 31.0 Å². The second-order valence-corrected chi connectivity index (χ2v) is 4.75. The summed E-state index contributed by atoms with van der Waals surface area (Å²) in [4.78, 5) is 12.1. The first kappa shape index (κ1) is 15.6. The number of carbonyl (C=O) groups is 1. The molecule has 106 valence electrons. The van der Waals surface area contributed by atoms with Crippen LogP contribution in [0.1, 0.15) is 45.1 Å². The van der Waals surface area contributed by atoms with Crippen LogP contribution in [0.2, 0.25) is 0 Å². The number of nitrogens with two attached hydrogens (primary N) is 1. The molecule has 19 heavy (non-hydrogen) atoms. The van der Waals surface area contributed by atoms with E-state index in [1.54, 1.807) is 12.1 Å².